The normalized spacial score (nSPS) is 10.4. The summed E-state index contributed by atoms with van der Waals surface area (Å²) in [6, 6.07) is 3.60. The molecular weight excluding hydrogens is 215 g/mol. The molecule has 0 N–H and O–H groups in total. The van der Waals surface area contributed by atoms with Crippen molar-refractivity contribution in [2.45, 2.75) is 6.92 Å². The van der Waals surface area contributed by atoms with Gasteiger partial charge in [-0.15, -0.1) is 0 Å². The van der Waals surface area contributed by atoms with E-state index < -0.39 is 10.7 Å². The summed E-state index contributed by atoms with van der Waals surface area (Å²) in [4.78, 5) is 13.8. The molecule has 0 fully saturated rings. The summed E-state index contributed by atoms with van der Waals surface area (Å²) in [7, 11) is 0. The fourth-order valence-corrected chi connectivity index (χ4v) is 1.35. The van der Waals surface area contributed by atoms with E-state index in [9.17, 15) is 14.5 Å². The van der Waals surface area contributed by atoms with Crippen LogP contribution in [0.15, 0.2) is 28.8 Å². The van der Waals surface area contributed by atoms with Gasteiger partial charge in [0.05, 0.1) is 11.1 Å². The van der Waals surface area contributed by atoms with Crippen LogP contribution in [-0.2, 0) is 0 Å². The summed E-state index contributed by atoms with van der Waals surface area (Å²) >= 11 is 0. The number of hydrogen-bond donors (Lipinski definition) is 0. The number of nitrogens with zero attached hydrogens (tertiary/aromatic N) is 2. The second-order valence-electron chi connectivity index (χ2n) is 3.17. The van der Waals surface area contributed by atoms with Crippen LogP contribution in [0.25, 0.3) is 11.5 Å². The van der Waals surface area contributed by atoms with Crippen molar-refractivity contribution < 1.29 is 13.7 Å². The van der Waals surface area contributed by atoms with Crippen LogP contribution in [0.5, 0.6) is 0 Å². The minimum atomic E-state index is -0.726. The predicted octanol–water partition coefficient (Wildman–Crippen LogP) is 2.70. The zero-order valence-electron chi connectivity index (χ0n) is 8.31. The van der Waals surface area contributed by atoms with Crippen molar-refractivity contribution in [3.05, 3.63) is 46.1 Å². The second kappa shape index (κ2) is 3.73. The van der Waals surface area contributed by atoms with Gasteiger partial charge in [0.2, 0.25) is 5.89 Å². The molecule has 0 bridgehead atoms. The summed E-state index contributed by atoms with van der Waals surface area (Å²) in [6.45, 7) is 1.63. The first-order valence-electron chi connectivity index (χ1n) is 4.45. The summed E-state index contributed by atoms with van der Waals surface area (Å²) in [6.07, 6.45) is 1.38. The van der Waals surface area contributed by atoms with Crippen molar-refractivity contribution >= 4 is 5.69 Å². The fourth-order valence-electron chi connectivity index (χ4n) is 1.35. The molecule has 1 aromatic carbocycles. The Labute approximate surface area is 89.7 Å². The summed E-state index contributed by atoms with van der Waals surface area (Å²) in [5.74, 6) is -0.342. The number of aromatic nitrogens is 1. The SMILES string of the molecule is Cc1cnc(-c2c(F)cccc2[N+](=O)[O-])o1. The maximum Gasteiger partial charge on any atom is 0.285 e. The first kappa shape index (κ1) is 10.3. The lowest BCUT2D eigenvalue weighted by Gasteiger charge is -1.99. The van der Waals surface area contributed by atoms with Crippen molar-refractivity contribution in [3.63, 3.8) is 0 Å². The average Bonchev–Trinajstić information content (AvgIpc) is 2.64. The van der Waals surface area contributed by atoms with Crippen LogP contribution < -0.4 is 0 Å². The zero-order chi connectivity index (χ0) is 11.7. The summed E-state index contributed by atoms with van der Waals surface area (Å²) in [5.41, 5.74) is -0.581. The van der Waals surface area contributed by atoms with Crippen molar-refractivity contribution in [2.75, 3.05) is 0 Å². The van der Waals surface area contributed by atoms with E-state index >= 15 is 0 Å². The van der Waals surface area contributed by atoms with Crippen LogP contribution in [0.1, 0.15) is 5.76 Å². The molecule has 0 saturated carbocycles. The van der Waals surface area contributed by atoms with Gasteiger partial charge in [0.15, 0.2) is 5.56 Å². The lowest BCUT2D eigenvalue weighted by Crippen LogP contribution is -1.94. The standard InChI is InChI=1S/C10H7FN2O3/c1-6-5-12-10(16-6)9-7(11)3-2-4-8(9)13(14)15/h2-5H,1H3. The maximum absolute atomic E-state index is 13.5. The molecule has 6 heteroatoms. The van der Waals surface area contributed by atoms with Gasteiger partial charge in [-0.1, -0.05) is 6.07 Å². The molecule has 0 spiro atoms. The van der Waals surface area contributed by atoms with Gasteiger partial charge >= 0.3 is 0 Å². The van der Waals surface area contributed by atoms with Crippen molar-refractivity contribution in [1.29, 1.82) is 0 Å². The van der Waals surface area contributed by atoms with E-state index in [1.54, 1.807) is 6.92 Å². The number of oxazole rings is 1. The molecule has 1 aromatic heterocycles. The molecule has 0 amide bonds. The van der Waals surface area contributed by atoms with E-state index in [1.807, 2.05) is 0 Å². The van der Waals surface area contributed by atoms with Gasteiger partial charge in [0.25, 0.3) is 5.69 Å². The van der Waals surface area contributed by atoms with Crippen LogP contribution >= 0.6 is 0 Å². The maximum atomic E-state index is 13.5. The second-order valence-corrected chi connectivity index (χ2v) is 3.17. The Bertz CT molecular complexity index is 551. The van der Waals surface area contributed by atoms with Crippen molar-refractivity contribution in [2.24, 2.45) is 0 Å². The zero-order valence-corrected chi connectivity index (χ0v) is 8.31. The fraction of sp³-hybridized carbons (Fsp3) is 0.100. The largest absolute Gasteiger partial charge is 0.441 e. The number of hydrogen-bond acceptors (Lipinski definition) is 4. The van der Waals surface area contributed by atoms with Crippen molar-refractivity contribution in [1.82, 2.24) is 4.98 Å². The molecular formula is C10H7FN2O3. The van der Waals surface area contributed by atoms with E-state index in [0.717, 1.165) is 6.07 Å². The first-order chi connectivity index (χ1) is 7.59. The molecule has 5 nitrogen and oxygen atoms in total. The van der Waals surface area contributed by atoms with Gasteiger partial charge in [-0.25, -0.2) is 9.37 Å². The Morgan fingerprint density at radius 2 is 2.25 bits per heavy atom. The Kier molecular flexibility index (Phi) is 2.40. The molecule has 0 saturated heterocycles. The molecule has 0 unspecified atom stereocenters. The first-order valence-corrected chi connectivity index (χ1v) is 4.45. The van der Waals surface area contributed by atoms with Gasteiger partial charge in [-0.2, -0.15) is 0 Å². The van der Waals surface area contributed by atoms with Crippen LogP contribution in [0.3, 0.4) is 0 Å². The molecule has 2 rings (SSSR count). The molecule has 0 atom stereocenters. The number of nitro benzene ring substituents is 1. The Hall–Kier alpha value is -2.24. The number of nitro groups is 1. The summed E-state index contributed by atoms with van der Waals surface area (Å²) in [5, 5.41) is 10.7. The van der Waals surface area contributed by atoms with Crippen LogP contribution in [0.4, 0.5) is 10.1 Å². The van der Waals surface area contributed by atoms with Gasteiger partial charge in [-0.3, -0.25) is 10.1 Å². The Balaban J connectivity index is 2.67. The van der Waals surface area contributed by atoms with E-state index in [2.05, 4.69) is 4.98 Å². The average molecular weight is 222 g/mol. The van der Waals surface area contributed by atoms with E-state index in [-0.39, 0.29) is 17.1 Å². The third-order valence-electron chi connectivity index (χ3n) is 2.02. The number of benzene rings is 1. The smallest absolute Gasteiger partial charge is 0.285 e. The number of rotatable bonds is 2. The van der Waals surface area contributed by atoms with Crippen molar-refractivity contribution in [3.8, 4) is 11.5 Å². The molecule has 0 aliphatic heterocycles. The number of aryl methyl sites for hydroxylation is 1. The predicted molar refractivity (Wildman–Crippen MR) is 53.3 cm³/mol. The third kappa shape index (κ3) is 1.65. The molecule has 82 valence electrons. The molecule has 0 aliphatic carbocycles. The highest BCUT2D eigenvalue weighted by Gasteiger charge is 2.23. The van der Waals surface area contributed by atoms with E-state index in [4.69, 9.17) is 4.42 Å². The Morgan fingerprint density at radius 1 is 1.50 bits per heavy atom. The van der Waals surface area contributed by atoms with Gasteiger partial charge in [0, 0.05) is 6.07 Å². The minimum Gasteiger partial charge on any atom is -0.441 e. The molecule has 0 aliphatic rings. The summed E-state index contributed by atoms with van der Waals surface area (Å²) < 4.78 is 18.6. The molecule has 2 aromatic rings. The quantitative estimate of drug-likeness (QED) is 0.578. The van der Waals surface area contributed by atoms with Crippen LogP contribution in [-0.4, -0.2) is 9.91 Å². The van der Waals surface area contributed by atoms with Gasteiger partial charge < -0.3 is 4.42 Å². The van der Waals surface area contributed by atoms with Crippen LogP contribution in [0.2, 0.25) is 0 Å². The molecule has 16 heavy (non-hydrogen) atoms. The highest BCUT2D eigenvalue weighted by atomic mass is 19.1. The van der Waals surface area contributed by atoms with Crippen LogP contribution in [0, 0.1) is 22.9 Å². The van der Waals surface area contributed by atoms with E-state index in [0.29, 0.717) is 5.76 Å². The number of halogens is 1. The third-order valence-corrected chi connectivity index (χ3v) is 2.02. The molecule has 0 radical (unpaired) electrons. The monoisotopic (exact) mass is 222 g/mol. The lowest BCUT2D eigenvalue weighted by molar-refractivity contribution is -0.384. The highest BCUT2D eigenvalue weighted by Crippen LogP contribution is 2.31. The van der Waals surface area contributed by atoms with E-state index in [1.165, 1.54) is 18.3 Å². The molecule has 1 heterocycles. The highest BCUT2D eigenvalue weighted by molar-refractivity contribution is 5.67. The van der Waals surface area contributed by atoms with Gasteiger partial charge in [0.1, 0.15) is 11.6 Å². The topological polar surface area (TPSA) is 69.2 Å². The lowest BCUT2D eigenvalue weighted by atomic mass is 10.1. The van der Waals surface area contributed by atoms with Gasteiger partial charge in [-0.05, 0) is 13.0 Å². The minimum absolute atomic E-state index is 0.0812. The Morgan fingerprint density at radius 3 is 2.81 bits per heavy atom.